The highest BCUT2D eigenvalue weighted by Gasteiger charge is 2.18. The number of aliphatic carboxylic acids is 1. The van der Waals surface area contributed by atoms with Crippen LogP contribution in [0.4, 0.5) is 0 Å². The van der Waals surface area contributed by atoms with Crippen LogP contribution in [0, 0.1) is 0 Å². The van der Waals surface area contributed by atoms with E-state index in [4.69, 9.17) is 0 Å². The van der Waals surface area contributed by atoms with Crippen LogP contribution in [0.2, 0.25) is 0 Å². The molecule has 0 bridgehead atoms. The van der Waals surface area contributed by atoms with Crippen LogP contribution in [-0.2, 0) is 4.79 Å². The molecular weight excluding hydrogens is 262 g/mol. The Morgan fingerprint density at radius 1 is 1.00 bits per heavy atom. The highest BCUT2D eigenvalue weighted by Crippen LogP contribution is 2.19. The summed E-state index contributed by atoms with van der Waals surface area (Å²) in [5.41, 5.74) is 2.07. The monoisotopic (exact) mass is 283 g/mol. The largest absolute Gasteiger partial charge is 0.480 e. The van der Waals surface area contributed by atoms with Crippen LogP contribution in [0.15, 0.2) is 60.7 Å². The lowest BCUT2D eigenvalue weighted by Gasteiger charge is -2.17. The topological polar surface area (TPSA) is 49.3 Å². The molecule has 0 spiro atoms. The highest BCUT2D eigenvalue weighted by atomic mass is 16.4. The van der Waals surface area contributed by atoms with Crippen LogP contribution in [0.25, 0.3) is 0 Å². The minimum Gasteiger partial charge on any atom is -0.480 e. The summed E-state index contributed by atoms with van der Waals surface area (Å²) in [4.78, 5) is 11.4. The third-order valence-corrected chi connectivity index (χ3v) is 3.67. The van der Waals surface area contributed by atoms with E-state index in [2.05, 4.69) is 24.4 Å². The summed E-state index contributed by atoms with van der Waals surface area (Å²) in [5.74, 6) is -0.433. The maximum atomic E-state index is 11.4. The fourth-order valence-corrected chi connectivity index (χ4v) is 2.39. The van der Waals surface area contributed by atoms with E-state index < -0.39 is 12.0 Å². The van der Waals surface area contributed by atoms with Gasteiger partial charge in [0.1, 0.15) is 6.04 Å². The molecule has 0 aromatic heterocycles. The third-order valence-electron chi connectivity index (χ3n) is 3.67. The average molecular weight is 283 g/mol. The van der Waals surface area contributed by atoms with Gasteiger partial charge in [-0.15, -0.1) is 0 Å². The number of hydrogen-bond acceptors (Lipinski definition) is 2. The van der Waals surface area contributed by atoms with Gasteiger partial charge in [0.15, 0.2) is 0 Å². The molecular formula is C18H21NO2. The number of hydrogen-bond donors (Lipinski definition) is 2. The fraction of sp³-hybridized carbons (Fsp3) is 0.278. The minimum atomic E-state index is -0.839. The van der Waals surface area contributed by atoms with E-state index in [0.29, 0.717) is 12.5 Å². The van der Waals surface area contributed by atoms with Gasteiger partial charge in [-0.1, -0.05) is 67.6 Å². The van der Waals surface area contributed by atoms with Crippen molar-refractivity contribution in [2.75, 3.05) is 6.54 Å². The predicted molar refractivity (Wildman–Crippen MR) is 84.3 cm³/mol. The van der Waals surface area contributed by atoms with Gasteiger partial charge in [0.2, 0.25) is 0 Å². The molecule has 0 aliphatic carbocycles. The lowest BCUT2D eigenvalue weighted by atomic mass is 9.97. The van der Waals surface area contributed by atoms with Crippen molar-refractivity contribution >= 4 is 5.97 Å². The van der Waals surface area contributed by atoms with Gasteiger partial charge in [0, 0.05) is 0 Å². The zero-order chi connectivity index (χ0) is 15.1. The smallest absolute Gasteiger partial charge is 0.325 e. The van der Waals surface area contributed by atoms with Gasteiger partial charge in [0.05, 0.1) is 0 Å². The van der Waals surface area contributed by atoms with E-state index >= 15 is 0 Å². The zero-order valence-corrected chi connectivity index (χ0v) is 12.2. The molecule has 2 rings (SSSR count). The quantitative estimate of drug-likeness (QED) is 0.816. The third kappa shape index (κ3) is 4.43. The Kier molecular flexibility index (Phi) is 5.52. The summed E-state index contributed by atoms with van der Waals surface area (Å²) in [5, 5.41) is 12.5. The molecule has 0 heterocycles. The number of nitrogens with one attached hydrogen (secondary N) is 1. The molecule has 0 aliphatic rings. The lowest BCUT2D eigenvalue weighted by molar-refractivity contribution is -0.139. The van der Waals surface area contributed by atoms with Crippen LogP contribution >= 0.6 is 0 Å². The Hall–Kier alpha value is -2.13. The first-order chi connectivity index (χ1) is 10.2. The first kappa shape index (κ1) is 15.3. The van der Waals surface area contributed by atoms with Crippen molar-refractivity contribution in [3.05, 3.63) is 71.8 Å². The Morgan fingerprint density at radius 2 is 1.52 bits per heavy atom. The van der Waals surface area contributed by atoms with Crippen molar-refractivity contribution in [1.29, 1.82) is 0 Å². The highest BCUT2D eigenvalue weighted by molar-refractivity contribution is 5.75. The standard InChI is InChI=1S/C18H21NO2/c1-14(15-8-4-2-5-9-15)12-13-19-17(18(20)21)16-10-6-3-7-11-16/h2-11,14,17,19H,12-13H2,1H3,(H,20,21). The number of benzene rings is 2. The summed E-state index contributed by atoms with van der Waals surface area (Å²) < 4.78 is 0. The van der Waals surface area contributed by atoms with Crippen molar-refractivity contribution in [2.24, 2.45) is 0 Å². The maximum absolute atomic E-state index is 11.4. The molecule has 0 saturated heterocycles. The summed E-state index contributed by atoms with van der Waals surface area (Å²) in [6.45, 7) is 2.83. The van der Waals surface area contributed by atoms with E-state index in [1.165, 1.54) is 5.56 Å². The first-order valence-corrected chi connectivity index (χ1v) is 7.24. The summed E-state index contributed by atoms with van der Waals surface area (Å²) in [7, 11) is 0. The molecule has 2 N–H and O–H groups in total. The molecule has 2 aromatic rings. The van der Waals surface area contributed by atoms with Crippen molar-refractivity contribution in [2.45, 2.75) is 25.3 Å². The second kappa shape index (κ2) is 7.60. The summed E-state index contributed by atoms with van der Waals surface area (Å²) in [6.07, 6.45) is 0.903. The molecule has 0 fully saturated rings. The van der Waals surface area contributed by atoms with Gasteiger partial charge in [-0.05, 0) is 30.0 Å². The Bertz CT molecular complexity index is 554. The average Bonchev–Trinajstić information content (AvgIpc) is 2.52. The molecule has 21 heavy (non-hydrogen) atoms. The van der Waals surface area contributed by atoms with E-state index in [-0.39, 0.29) is 0 Å². The molecule has 2 unspecified atom stereocenters. The molecule has 0 aliphatic heterocycles. The van der Waals surface area contributed by atoms with E-state index in [0.717, 1.165) is 12.0 Å². The van der Waals surface area contributed by atoms with Gasteiger partial charge < -0.3 is 10.4 Å². The zero-order valence-electron chi connectivity index (χ0n) is 12.2. The Labute approximate surface area is 125 Å². The predicted octanol–water partition coefficient (Wildman–Crippen LogP) is 3.60. The molecule has 0 radical (unpaired) electrons. The number of carboxylic acids is 1. The van der Waals surface area contributed by atoms with E-state index in [1.54, 1.807) is 0 Å². The first-order valence-electron chi connectivity index (χ1n) is 7.24. The van der Waals surface area contributed by atoms with Crippen molar-refractivity contribution in [1.82, 2.24) is 5.32 Å². The van der Waals surface area contributed by atoms with Gasteiger partial charge in [0.25, 0.3) is 0 Å². The molecule has 2 aromatic carbocycles. The normalized spacial score (nSPS) is 13.6. The fourth-order valence-electron chi connectivity index (χ4n) is 2.39. The van der Waals surface area contributed by atoms with Gasteiger partial charge in [-0.25, -0.2) is 0 Å². The van der Waals surface area contributed by atoms with Gasteiger partial charge in [-0.3, -0.25) is 4.79 Å². The molecule has 3 heteroatoms. The van der Waals surface area contributed by atoms with Crippen molar-refractivity contribution in [3.63, 3.8) is 0 Å². The number of carboxylic acid groups (broad SMARTS) is 1. The summed E-state index contributed by atoms with van der Waals surface area (Å²) in [6, 6.07) is 18.9. The second-order valence-electron chi connectivity index (χ2n) is 5.24. The van der Waals surface area contributed by atoms with Crippen LogP contribution in [0.1, 0.15) is 36.4 Å². The van der Waals surface area contributed by atoms with Crippen LogP contribution in [0.3, 0.4) is 0 Å². The van der Waals surface area contributed by atoms with Crippen LogP contribution < -0.4 is 5.32 Å². The Balaban J connectivity index is 1.90. The van der Waals surface area contributed by atoms with Gasteiger partial charge in [-0.2, -0.15) is 0 Å². The molecule has 110 valence electrons. The lowest BCUT2D eigenvalue weighted by Crippen LogP contribution is -2.29. The van der Waals surface area contributed by atoms with Crippen molar-refractivity contribution in [3.8, 4) is 0 Å². The molecule has 3 nitrogen and oxygen atoms in total. The van der Waals surface area contributed by atoms with Crippen LogP contribution in [0.5, 0.6) is 0 Å². The van der Waals surface area contributed by atoms with E-state index in [9.17, 15) is 9.90 Å². The minimum absolute atomic E-state index is 0.406. The molecule has 0 saturated carbocycles. The van der Waals surface area contributed by atoms with E-state index in [1.807, 2.05) is 48.5 Å². The van der Waals surface area contributed by atoms with Crippen LogP contribution in [-0.4, -0.2) is 17.6 Å². The summed E-state index contributed by atoms with van der Waals surface area (Å²) >= 11 is 0. The molecule has 2 atom stereocenters. The SMILES string of the molecule is CC(CCNC(C(=O)O)c1ccccc1)c1ccccc1. The second-order valence-corrected chi connectivity index (χ2v) is 5.24. The van der Waals surface area contributed by atoms with Gasteiger partial charge >= 0.3 is 5.97 Å². The Morgan fingerprint density at radius 3 is 2.05 bits per heavy atom. The molecule has 0 amide bonds. The maximum Gasteiger partial charge on any atom is 0.325 e. The number of carbonyl (C=O) groups is 1. The number of rotatable bonds is 7. The van der Waals surface area contributed by atoms with Crippen molar-refractivity contribution < 1.29 is 9.90 Å².